The van der Waals surface area contributed by atoms with Crippen LogP contribution in [0.25, 0.3) is 6.08 Å². The predicted molar refractivity (Wildman–Crippen MR) is 82.2 cm³/mol. The van der Waals surface area contributed by atoms with E-state index in [-0.39, 0.29) is 11.7 Å². The number of amides is 1. The van der Waals surface area contributed by atoms with Crippen LogP contribution in [0.1, 0.15) is 12.5 Å². The monoisotopic (exact) mass is 317 g/mol. The molecule has 0 unspecified atom stereocenters. The van der Waals surface area contributed by atoms with Crippen LogP contribution in [0.4, 0.5) is 4.39 Å². The third kappa shape index (κ3) is 2.91. The molecule has 1 fully saturated rings. The van der Waals surface area contributed by atoms with Crippen molar-refractivity contribution in [1.82, 2.24) is 19.8 Å². The first kappa shape index (κ1) is 14.5. The molecule has 0 saturated carbocycles. The molecule has 6 nitrogen and oxygen atoms in total. The van der Waals surface area contributed by atoms with Crippen molar-refractivity contribution in [2.45, 2.75) is 6.92 Å². The van der Waals surface area contributed by atoms with Gasteiger partial charge in [-0.05, 0) is 42.5 Å². The van der Waals surface area contributed by atoms with E-state index in [2.05, 4.69) is 15.3 Å². The Morgan fingerprint density at radius 1 is 1.27 bits per heavy atom. The van der Waals surface area contributed by atoms with Crippen LogP contribution in [0.5, 0.6) is 0 Å². The van der Waals surface area contributed by atoms with E-state index in [4.69, 9.17) is 0 Å². The summed E-state index contributed by atoms with van der Waals surface area (Å²) in [5.74, 6) is -0.429. The minimum Gasteiger partial charge on any atom is -0.285 e. The number of likely N-dealkylation sites (N-methyl/N-ethyl adjacent to an activating group) is 1. The van der Waals surface area contributed by atoms with E-state index in [1.54, 1.807) is 23.1 Å². The number of amidine groups is 1. The molecule has 8 heteroatoms. The molecule has 0 radical (unpaired) electrons. The number of benzene rings is 1. The van der Waals surface area contributed by atoms with Crippen LogP contribution in [0.2, 0.25) is 0 Å². The molecule has 22 heavy (non-hydrogen) atoms. The predicted octanol–water partition coefficient (Wildman–Crippen LogP) is 2.17. The summed E-state index contributed by atoms with van der Waals surface area (Å²) in [7, 11) is 0. The Morgan fingerprint density at radius 3 is 2.59 bits per heavy atom. The number of thioether (sulfide) groups is 1. The summed E-state index contributed by atoms with van der Waals surface area (Å²) in [4.78, 5) is 14.5. The molecule has 0 N–H and O–H groups in total. The molecule has 1 aromatic heterocycles. The number of halogens is 1. The number of aromatic nitrogens is 3. The minimum absolute atomic E-state index is 0.122. The van der Waals surface area contributed by atoms with Gasteiger partial charge < -0.3 is 0 Å². The molecule has 0 bridgehead atoms. The summed E-state index contributed by atoms with van der Waals surface area (Å²) < 4.78 is 14.4. The van der Waals surface area contributed by atoms with Crippen LogP contribution in [0.15, 0.2) is 46.9 Å². The average molecular weight is 317 g/mol. The minimum atomic E-state index is -0.308. The van der Waals surface area contributed by atoms with Gasteiger partial charge in [-0.15, -0.1) is 15.3 Å². The van der Waals surface area contributed by atoms with Crippen molar-refractivity contribution in [2.24, 2.45) is 5.10 Å². The van der Waals surface area contributed by atoms with Gasteiger partial charge in [0.1, 0.15) is 18.5 Å². The first-order chi connectivity index (χ1) is 10.7. The van der Waals surface area contributed by atoms with Gasteiger partial charge in [0.15, 0.2) is 5.17 Å². The smallest absolute Gasteiger partial charge is 0.266 e. The van der Waals surface area contributed by atoms with Gasteiger partial charge in [0.2, 0.25) is 0 Å². The lowest BCUT2D eigenvalue weighted by Crippen LogP contribution is -2.29. The normalized spacial score (nSPS) is 18.6. The van der Waals surface area contributed by atoms with E-state index in [0.717, 1.165) is 5.56 Å². The van der Waals surface area contributed by atoms with Crippen molar-refractivity contribution in [3.05, 3.63) is 53.2 Å². The van der Waals surface area contributed by atoms with Crippen LogP contribution < -0.4 is 0 Å². The highest BCUT2D eigenvalue weighted by Crippen LogP contribution is 2.32. The van der Waals surface area contributed by atoms with Crippen molar-refractivity contribution in [3.63, 3.8) is 0 Å². The van der Waals surface area contributed by atoms with Crippen LogP contribution >= 0.6 is 11.8 Å². The molecule has 1 saturated heterocycles. The Hall–Kier alpha value is -2.48. The Kier molecular flexibility index (Phi) is 4.01. The van der Waals surface area contributed by atoms with Crippen molar-refractivity contribution < 1.29 is 9.18 Å². The third-order valence-electron chi connectivity index (χ3n) is 2.98. The maximum atomic E-state index is 12.9. The lowest BCUT2D eigenvalue weighted by Gasteiger charge is -2.11. The molecular formula is C14H12FN5OS. The molecule has 1 aliphatic rings. The maximum absolute atomic E-state index is 12.9. The molecule has 1 aromatic carbocycles. The lowest BCUT2D eigenvalue weighted by atomic mass is 10.2. The standard InChI is InChI=1S/C14H12FN5OS/c1-2-20-13(21)12(7-10-3-5-11(15)6-4-10)22-14(20)18-19-8-16-17-9-19/h3-9H,2H2,1H3/b12-7+,18-14+. The van der Waals surface area contributed by atoms with Crippen molar-refractivity contribution in [2.75, 3.05) is 6.54 Å². The van der Waals surface area contributed by atoms with Gasteiger partial charge in [-0.1, -0.05) is 12.1 Å². The second kappa shape index (κ2) is 6.10. The Balaban J connectivity index is 1.91. The fraction of sp³-hybridized carbons (Fsp3) is 0.143. The lowest BCUT2D eigenvalue weighted by molar-refractivity contribution is -0.122. The van der Waals surface area contributed by atoms with Gasteiger partial charge in [0, 0.05) is 6.54 Å². The number of hydrogen-bond acceptors (Lipinski definition) is 5. The Bertz CT molecular complexity index is 739. The Morgan fingerprint density at radius 2 is 1.95 bits per heavy atom. The van der Waals surface area contributed by atoms with E-state index >= 15 is 0 Å². The molecule has 0 atom stereocenters. The highest BCUT2D eigenvalue weighted by molar-refractivity contribution is 8.18. The van der Waals surface area contributed by atoms with Crippen LogP contribution in [-0.4, -0.2) is 37.4 Å². The van der Waals surface area contributed by atoms with Crippen molar-refractivity contribution in [1.29, 1.82) is 0 Å². The van der Waals surface area contributed by atoms with Crippen molar-refractivity contribution in [3.8, 4) is 0 Å². The fourth-order valence-electron chi connectivity index (χ4n) is 1.92. The molecule has 0 spiro atoms. The number of nitrogens with zero attached hydrogens (tertiary/aromatic N) is 5. The molecule has 1 aliphatic heterocycles. The summed E-state index contributed by atoms with van der Waals surface area (Å²) in [5.41, 5.74) is 0.763. The van der Waals surface area contributed by atoms with Gasteiger partial charge in [-0.3, -0.25) is 9.69 Å². The zero-order chi connectivity index (χ0) is 15.5. The SMILES string of the molecule is CCN1C(=O)/C(=C\c2ccc(F)cc2)S/C1=N/n1cnnc1. The Labute approximate surface area is 130 Å². The number of carbonyl (C=O) groups is 1. The van der Waals surface area contributed by atoms with E-state index in [1.807, 2.05) is 6.92 Å². The number of carbonyl (C=O) groups excluding carboxylic acids is 1. The molecule has 2 aromatic rings. The van der Waals surface area contributed by atoms with Gasteiger partial charge in [0.05, 0.1) is 4.91 Å². The molecule has 3 rings (SSSR count). The first-order valence-corrected chi connectivity index (χ1v) is 7.39. The van der Waals surface area contributed by atoms with E-state index in [0.29, 0.717) is 16.6 Å². The highest BCUT2D eigenvalue weighted by atomic mass is 32.2. The first-order valence-electron chi connectivity index (χ1n) is 6.58. The summed E-state index contributed by atoms with van der Waals surface area (Å²) in [5, 5.41) is 12.2. The van der Waals surface area contributed by atoms with E-state index in [9.17, 15) is 9.18 Å². The second-order valence-electron chi connectivity index (χ2n) is 4.44. The largest absolute Gasteiger partial charge is 0.285 e. The molecule has 2 heterocycles. The van der Waals surface area contributed by atoms with E-state index < -0.39 is 0 Å². The van der Waals surface area contributed by atoms with Crippen LogP contribution in [0.3, 0.4) is 0 Å². The highest BCUT2D eigenvalue weighted by Gasteiger charge is 2.32. The quantitative estimate of drug-likeness (QED) is 0.814. The number of hydrogen-bond donors (Lipinski definition) is 0. The average Bonchev–Trinajstić information content (AvgIpc) is 3.11. The third-order valence-corrected chi connectivity index (χ3v) is 3.98. The second-order valence-corrected chi connectivity index (χ2v) is 5.45. The topological polar surface area (TPSA) is 63.4 Å². The zero-order valence-corrected chi connectivity index (χ0v) is 12.5. The molecule has 1 amide bonds. The van der Waals surface area contributed by atoms with Gasteiger partial charge in [-0.2, -0.15) is 0 Å². The van der Waals surface area contributed by atoms with Crippen LogP contribution in [0, 0.1) is 5.82 Å². The summed E-state index contributed by atoms with van der Waals surface area (Å²) in [6, 6.07) is 5.98. The maximum Gasteiger partial charge on any atom is 0.266 e. The van der Waals surface area contributed by atoms with Gasteiger partial charge >= 0.3 is 0 Å². The van der Waals surface area contributed by atoms with Crippen LogP contribution in [-0.2, 0) is 4.79 Å². The van der Waals surface area contributed by atoms with Crippen molar-refractivity contribution >= 4 is 28.9 Å². The fourth-order valence-corrected chi connectivity index (χ4v) is 2.96. The summed E-state index contributed by atoms with van der Waals surface area (Å²) in [6.45, 7) is 2.38. The molecule has 112 valence electrons. The summed E-state index contributed by atoms with van der Waals surface area (Å²) in [6.07, 6.45) is 4.63. The molecular weight excluding hydrogens is 305 g/mol. The zero-order valence-electron chi connectivity index (χ0n) is 11.7. The van der Waals surface area contributed by atoms with Gasteiger partial charge in [-0.25, -0.2) is 9.07 Å². The summed E-state index contributed by atoms with van der Waals surface area (Å²) >= 11 is 1.27. The molecule has 0 aliphatic carbocycles. The van der Waals surface area contributed by atoms with E-state index in [1.165, 1.54) is 41.2 Å². The van der Waals surface area contributed by atoms with Gasteiger partial charge in [0.25, 0.3) is 5.91 Å². The number of rotatable bonds is 3.